The van der Waals surface area contributed by atoms with E-state index in [4.69, 9.17) is 5.26 Å². The van der Waals surface area contributed by atoms with Gasteiger partial charge in [-0.3, -0.25) is 4.79 Å². The predicted molar refractivity (Wildman–Crippen MR) is 71.9 cm³/mol. The molecule has 0 radical (unpaired) electrons. The second kappa shape index (κ2) is 7.38. The molecule has 1 saturated carbocycles. The van der Waals surface area contributed by atoms with Gasteiger partial charge in [0, 0.05) is 39.1 Å². The summed E-state index contributed by atoms with van der Waals surface area (Å²) >= 11 is 0. The molecule has 1 aliphatic rings. The monoisotopic (exact) mass is 251 g/mol. The molecule has 1 aliphatic carbocycles. The Morgan fingerprint density at radius 1 is 1.39 bits per heavy atom. The van der Waals surface area contributed by atoms with E-state index in [-0.39, 0.29) is 5.91 Å². The smallest absolute Gasteiger partial charge is 0.223 e. The van der Waals surface area contributed by atoms with E-state index in [1.807, 2.05) is 0 Å². The van der Waals surface area contributed by atoms with Crippen molar-refractivity contribution in [1.29, 1.82) is 5.26 Å². The van der Waals surface area contributed by atoms with Gasteiger partial charge in [-0.05, 0) is 32.6 Å². The first kappa shape index (κ1) is 15.0. The van der Waals surface area contributed by atoms with E-state index < -0.39 is 0 Å². The minimum atomic E-state index is 0.145. The molecule has 0 atom stereocenters. The predicted octanol–water partition coefficient (Wildman–Crippen LogP) is 1.87. The summed E-state index contributed by atoms with van der Waals surface area (Å²) in [4.78, 5) is 15.9. The van der Waals surface area contributed by atoms with Gasteiger partial charge in [0.25, 0.3) is 0 Å². The van der Waals surface area contributed by atoms with E-state index in [0.29, 0.717) is 25.4 Å². The standard InChI is InChI=1S/C14H25N3O/c1-12(2)17(11-13-5-6-13)10-7-14(18)16(3)9-4-8-15/h12-13H,4-7,9-11H2,1-3H3. The zero-order valence-electron chi connectivity index (χ0n) is 11.9. The number of carbonyl (C=O) groups excluding carboxylic acids is 1. The average Bonchev–Trinajstić information content (AvgIpc) is 3.14. The third-order valence-corrected chi connectivity index (χ3v) is 3.52. The van der Waals surface area contributed by atoms with E-state index >= 15 is 0 Å². The summed E-state index contributed by atoms with van der Waals surface area (Å²) < 4.78 is 0. The number of nitriles is 1. The SMILES string of the molecule is CC(C)N(CCC(=O)N(C)CCC#N)CC1CC1. The molecule has 18 heavy (non-hydrogen) atoms. The van der Waals surface area contributed by atoms with Gasteiger partial charge in [0.15, 0.2) is 0 Å². The molecule has 1 fully saturated rings. The average molecular weight is 251 g/mol. The molecule has 4 nitrogen and oxygen atoms in total. The van der Waals surface area contributed by atoms with Crippen LogP contribution in [0.3, 0.4) is 0 Å². The van der Waals surface area contributed by atoms with Crippen LogP contribution in [0.4, 0.5) is 0 Å². The number of amides is 1. The molecule has 0 aromatic heterocycles. The number of hydrogen-bond donors (Lipinski definition) is 0. The second-order valence-corrected chi connectivity index (χ2v) is 5.51. The first-order valence-corrected chi connectivity index (χ1v) is 6.89. The van der Waals surface area contributed by atoms with Crippen LogP contribution in [0.2, 0.25) is 0 Å². The fourth-order valence-electron chi connectivity index (χ4n) is 1.96. The van der Waals surface area contributed by atoms with Crippen LogP contribution in [0, 0.1) is 17.2 Å². The fourth-order valence-corrected chi connectivity index (χ4v) is 1.96. The van der Waals surface area contributed by atoms with Crippen molar-refractivity contribution in [2.45, 2.75) is 45.6 Å². The molecule has 102 valence electrons. The van der Waals surface area contributed by atoms with Gasteiger partial charge >= 0.3 is 0 Å². The molecule has 0 heterocycles. The lowest BCUT2D eigenvalue weighted by atomic mass is 10.2. The highest BCUT2D eigenvalue weighted by atomic mass is 16.2. The van der Waals surface area contributed by atoms with Crippen LogP contribution in [0.1, 0.15) is 39.5 Å². The molecule has 1 amide bonds. The Morgan fingerprint density at radius 3 is 2.56 bits per heavy atom. The Kier molecular flexibility index (Phi) is 6.14. The number of nitrogens with zero attached hydrogens (tertiary/aromatic N) is 3. The molecule has 1 rings (SSSR count). The Labute approximate surface area is 111 Å². The summed E-state index contributed by atoms with van der Waals surface area (Å²) in [5.74, 6) is 1.01. The lowest BCUT2D eigenvalue weighted by Crippen LogP contribution is -2.37. The summed E-state index contributed by atoms with van der Waals surface area (Å²) in [6.07, 6.45) is 3.67. The maximum atomic E-state index is 11.9. The largest absolute Gasteiger partial charge is 0.345 e. The lowest BCUT2D eigenvalue weighted by Gasteiger charge is -2.27. The highest BCUT2D eigenvalue weighted by Crippen LogP contribution is 2.30. The fraction of sp³-hybridized carbons (Fsp3) is 0.857. The molecule has 0 spiro atoms. The van der Waals surface area contributed by atoms with Crippen molar-refractivity contribution < 1.29 is 4.79 Å². The zero-order chi connectivity index (χ0) is 13.5. The van der Waals surface area contributed by atoms with E-state index in [9.17, 15) is 4.79 Å². The molecule has 0 aromatic carbocycles. The first-order chi connectivity index (χ1) is 8.54. The van der Waals surface area contributed by atoms with Crippen molar-refractivity contribution in [2.24, 2.45) is 5.92 Å². The van der Waals surface area contributed by atoms with Gasteiger partial charge in [0.1, 0.15) is 0 Å². The van der Waals surface area contributed by atoms with Crippen LogP contribution in [0.15, 0.2) is 0 Å². The maximum absolute atomic E-state index is 11.9. The minimum absolute atomic E-state index is 0.145. The molecular formula is C14H25N3O. The molecule has 4 heteroatoms. The summed E-state index contributed by atoms with van der Waals surface area (Å²) in [6.45, 7) is 6.88. The second-order valence-electron chi connectivity index (χ2n) is 5.51. The van der Waals surface area contributed by atoms with E-state index in [1.54, 1.807) is 11.9 Å². The summed E-state index contributed by atoms with van der Waals surface area (Å²) in [6, 6.07) is 2.57. The Bertz CT molecular complexity index is 305. The van der Waals surface area contributed by atoms with Crippen molar-refractivity contribution >= 4 is 5.91 Å². The highest BCUT2D eigenvalue weighted by molar-refractivity contribution is 5.76. The third-order valence-electron chi connectivity index (χ3n) is 3.52. The van der Waals surface area contributed by atoms with Gasteiger partial charge in [-0.15, -0.1) is 0 Å². The molecule has 0 aromatic rings. The maximum Gasteiger partial charge on any atom is 0.223 e. The van der Waals surface area contributed by atoms with Crippen LogP contribution >= 0.6 is 0 Å². The van der Waals surface area contributed by atoms with Gasteiger partial charge in [-0.1, -0.05) is 0 Å². The zero-order valence-corrected chi connectivity index (χ0v) is 11.9. The van der Waals surface area contributed by atoms with Crippen molar-refractivity contribution in [3.8, 4) is 6.07 Å². The normalized spacial score (nSPS) is 14.9. The van der Waals surface area contributed by atoms with Gasteiger partial charge in [-0.25, -0.2) is 0 Å². The highest BCUT2D eigenvalue weighted by Gasteiger charge is 2.25. The van der Waals surface area contributed by atoms with Gasteiger partial charge in [0.05, 0.1) is 12.5 Å². The molecule has 0 aliphatic heterocycles. The van der Waals surface area contributed by atoms with E-state index in [0.717, 1.165) is 19.0 Å². The molecule has 0 bridgehead atoms. The van der Waals surface area contributed by atoms with Crippen LogP contribution in [-0.4, -0.2) is 48.4 Å². The number of hydrogen-bond acceptors (Lipinski definition) is 3. The van der Waals surface area contributed by atoms with Gasteiger partial charge in [0.2, 0.25) is 5.91 Å². The van der Waals surface area contributed by atoms with Crippen molar-refractivity contribution in [3.05, 3.63) is 0 Å². The van der Waals surface area contributed by atoms with Crippen molar-refractivity contribution in [1.82, 2.24) is 9.80 Å². The Morgan fingerprint density at radius 2 is 2.06 bits per heavy atom. The molecule has 0 unspecified atom stereocenters. The summed E-state index contributed by atoms with van der Waals surface area (Å²) in [5.41, 5.74) is 0. The number of rotatable bonds is 8. The first-order valence-electron chi connectivity index (χ1n) is 6.89. The quantitative estimate of drug-likeness (QED) is 0.661. The van der Waals surface area contributed by atoms with Gasteiger partial charge < -0.3 is 9.80 Å². The summed E-state index contributed by atoms with van der Waals surface area (Å²) in [5, 5.41) is 8.50. The van der Waals surface area contributed by atoms with E-state index in [2.05, 4.69) is 24.8 Å². The third kappa shape index (κ3) is 5.50. The van der Waals surface area contributed by atoms with Crippen LogP contribution < -0.4 is 0 Å². The summed E-state index contributed by atoms with van der Waals surface area (Å²) in [7, 11) is 1.78. The molecule has 0 N–H and O–H groups in total. The van der Waals surface area contributed by atoms with Crippen LogP contribution in [0.25, 0.3) is 0 Å². The Balaban J connectivity index is 2.27. The lowest BCUT2D eigenvalue weighted by molar-refractivity contribution is -0.130. The van der Waals surface area contributed by atoms with Crippen molar-refractivity contribution in [2.75, 3.05) is 26.7 Å². The van der Waals surface area contributed by atoms with Crippen molar-refractivity contribution in [3.63, 3.8) is 0 Å². The molecular weight excluding hydrogens is 226 g/mol. The van der Waals surface area contributed by atoms with E-state index in [1.165, 1.54) is 12.8 Å². The van der Waals surface area contributed by atoms with Gasteiger partial charge in [-0.2, -0.15) is 5.26 Å². The van der Waals surface area contributed by atoms with Crippen LogP contribution in [-0.2, 0) is 4.79 Å². The Hall–Kier alpha value is -1.08. The minimum Gasteiger partial charge on any atom is -0.345 e. The topological polar surface area (TPSA) is 47.3 Å². The molecule has 0 saturated heterocycles. The number of carbonyl (C=O) groups is 1. The van der Waals surface area contributed by atoms with Crippen LogP contribution in [0.5, 0.6) is 0 Å².